The van der Waals surface area contributed by atoms with Crippen LogP contribution in [0.25, 0.3) is 34.2 Å². The molecule has 0 aliphatic rings. The van der Waals surface area contributed by atoms with Crippen molar-refractivity contribution in [3.8, 4) is 34.2 Å². The Bertz CT molecular complexity index is 953. The standard InChI is InChI=1S/C19H12N2O3/c22-12-13-3-5-15(6-4-13)18-20-19(24-21-18)16-9-7-14(8-10-16)17-2-1-11-23-17/h1-12H. The first-order valence-electron chi connectivity index (χ1n) is 7.37. The van der Waals surface area contributed by atoms with Gasteiger partial charge in [0.25, 0.3) is 5.89 Å². The smallest absolute Gasteiger partial charge is 0.258 e. The number of nitrogens with zero attached hydrogens (tertiary/aromatic N) is 2. The van der Waals surface area contributed by atoms with Crippen LogP contribution in [0, 0.1) is 0 Å². The normalized spacial score (nSPS) is 10.7. The van der Waals surface area contributed by atoms with Crippen LogP contribution >= 0.6 is 0 Å². The van der Waals surface area contributed by atoms with Crippen molar-refractivity contribution < 1.29 is 13.7 Å². The molecule has 0 aliphatic heterocycles. The van der Waals surface area contributed by atoms with Gasteiger partial charge in [0.1, 0.15) is 12.0 Å². The highest BCUT2D eigenvalue weighted by molar-refractivity contribution is 5.76. The molecule has 5 heteroatoms. The Morgan fingerprint density at radius 1 is 0.833 bits per heavy atom. The molecule has 5 nitrogen and oxygen atoms in total. The number of benzene rings is 2. The van der Waals surface area contributed by atoms with Crippen LogP contribution in [-0.4, -0.2) is 16.4 Å². The Morgan fingerprint density at radius 3 is 2.21 bits per heavy atom. The number of hydrogen-bond donors (Lipinski definition) is 0. The van der Waals surface area contributed by atoms with Crippen LogP contribution in [0.15, 0.2) is 75.9 Å². The summed E-state index contributed by atoms with van der Waals surface area (Å²) < 4.78 is 10.7. The van der Waals surface area contributed by atoms with Gasteiger partial charge in [-0.15, -0.1) is 0 Å². The summed E-state index contributed by atoms with van der Waals surface area (Å²) >= 11 is 0. The maximum absolute atomic E-state index is 10.7. The molecule has 0 amide bonds. The summed E-state index contributed by atoms with van der Waals surface area (Å²) in [5.74, 6) is 1.73. The molecule has 2 aromatic heterocycles. The van der Waals surface area contributed by atoms with Crippen LogP contribution < -0.4 is 0 Å². The predicted octanol–water partition coefficient (Wildman–Crippen LogP) is 4.48. The van der Waals surface area contributed by atoms with Crippen molar-refractivity contribution in [3.63, 3.8) is 0 Å². The van der Waals surface area contributed by atoms with Gasteiger partial charge in [0.2, 0.25) is 5.82 Å². The lowest BCUT2D eigenvalue weighted by Gasteiger charge is -1.98. The van der Waals surface area contributed by atoms with Gasteiger partial charge in [-0.05, 0) is 24.3 Å². The molecule has 0 aliphatic carbocycles. The molecule has 2 aromatic carbocycles. The zero-order chi connectivity index (χ0) is 16.4. The molecule has 0 saturated heterocycles. The molecule has 4 rings (SSSR count). The van der Waals surface area contributed by atoms with Crippen LogP contribution in [0.2, 0.25) is 0 Å². The van der Waals surface area contributed by atoms with Gasteiger partial charge in [-0.25, -0.2) is 0 Å². The number of hydrogen-bond acceptors (Lipinski definition) is 5. The molecular formula is C19H12N2O3. The third-order valence-corrected chi connectivity index (χ3v) is 3.67. The predicted molar refractivity (Wildman–Crippen MR) is 88.3 cm³/mol. The van der Waals surface area contributed by atoms with Gasteiger partial charge >= 0.3 is 0 Å². The van der Waals surface area contributed by atoms with E-state index in [2.05, 4.69) is 10.1 Å². The molecule has 2 heterocycles. The van der Waals surface area contributed by atoms with Crippen molar-refractivity contribution in [2.45, 2.75) is 0 Å². The van der Waals surface area contributed by atoms with E-state index in [0.29, 0.717) is 17.3 Å². The first-order valence-corrected chi connectivity index (χ1v) is 7.37. The third-order valence-electron chi connectivity index (χ3n) is 3.67. The summed E-state index contributed by atoms with van der Waals surface area (Å²) in [7, 11) is 0. The molecule has 4 aromatic rings. The highest BCUT2D eigenvalue weighted by atomic mass is 16.5. The fraction of sp³-hybridized carbons (Fsp3) is 0. The Kier molecular flexibility index (Phi) is 3.51. The van der Waals surface area contributed by atoms with Crippen LogP contribution in [0.3, 0.4) is 0 Å². The molecule has 0 fully saturated rings. The average Bonchev–Trinajstić information content (AvgIpc) is 3.34. The molecule has 24 heavy (non-hydrogen) atoms. The largest absolute Gasteiger partial charge is 0.464 e. The Labute approximate surface area is 137 Å². The van der Waals surface area contributed by atoms with Crippen LogP contribution in [0.1, 0.15) is 10.4 Å². The van der Waals surface area contributed by atoms with Crippen molar-refractivity contribution >= 4 is 6.29 Å². The van der Waals surface area contributed by atoms with Crippen molar-refractivity contribution in [3.05, 3.63) is 72.5 Å². The third kappa shape index (κ3) is 2.63. The maximum atomic E-state index is 10.7. The molecule has 0 spiro atoms. The lowest BCUT2D eigenvalue weighted by Crippen LogP contribution is -1.83. The first kappa shape index (κ1) is 14.1. The fourth-order valence-electron chi connectivity index (χ4n) is 2.39. The molecular weight excluding hydrogens is 304 g/mol. The minimum atomic E-state index is 0.440. The fourth-order valence-corrected chi connectivity index (χ4v) is 2.39. The summed E-state index contributed by atoms with van der Waals surface area (Å²) in [6, 6.07) is 18.5. The summed E-state index contributed by atoms with van der Waals surface area (Å²) in [6.07, 6.45) is 2.44. The highest BCUT2D eigenvalue weighted by Gasteiger charge is 2.11. The maximum Gasteiger partial charge on any atom is 0.258 e. The minimum absolute atomic E-state index is 0.440. The van der Waals surface area contributed by atoms with Gasteiger partial charge in [0, 0.05) is 22.3 Å². The van der Waals surface area contributed by atoms with E-state index < -0.39 is 0 Å². The van der Waals surface area contributed by atoms with Crippen LogP contribution in [0.4, 0.5) is 0 Å². The topological polar surface area (TPSA) is 69.1 Å². The van der Waals surface area contributed by atoms with E-state index in [4.69, 9.17) is 8.94 Å². The second-order valence-corrected chi connectivity index (χ2v) is 5.22. The summed E-state index contributed by atoms with van der Waals surface area (Å²) in [5, 5.41) is 4.00. The first-order chi connectivity index (χ1) is 11.8. The lowest BCUT2D eigenvalue weighted by molar-refractivity contribution is 0.112. The van der Waals surface area contributed by atoms with Crippen molar-refractivity contribution in [1.29, 1.82) is 0 Å². The number of rotatable bonds is 4. The Hall–Kier alpha value is -3.47. The van der Waals surface area contributed by atoms with Gasteiger partial charge in [-0.3, -0.25) is 4.79 Å². The molecule has 0 bridgehead atoms. The van der Waals surface area contributed by atoms with E-state index in [1.807, 2.05) is 36.4 Å². The van der Waals surface area contributed by atoms with E-state index in [1.165, 1.54) is 0 Å². The number of furan rings is 1. The number of carbonyl (C=O) groups is 1. The number of aromatic nitrogens is 2. The lowest BCUT2D eigenvalue weighted by atomic mass is 10.1. The molecule has 0 N–H and O–H groups in total. The van der Waals surface area contributed by atoms with Gasteiger partial charge in [-0.1, -0.05) is 41.6 Å². The number of carbonyl (C=O) groups excluding carboxylic acids is 1. The zero-order valence-electron chi connectivity index (χ0n) is 12.5. The van der Waals surface area contributed by atoms with E-state index in [1.54, 1.807) is 30.5 Å². The molecule has 116 valence electrons. The van der Waals surface area contributed by atoms with Crippen molar-refractivity contribution in [2.24, 2.45) is 0 Å². The molecule has 0 unspecified atom stereocenters. The van der Waals surface area contributed by atoms with E-state index in [0.717, 1.165) is 28.7 Å². The van der Waals surface area contributed by atoms with Crippen LogP contribution in [-0.2, 0) is 0 Å². The Balaban J connectivity index is 1.61. The van der Waals surface area contributed by atoms with Crippen molar-refractivity contribution in [1.82, 2.24) is 10.1 Å². The van der Waals surface area contributed by atoms with E-state index in [9.17, 15) is 4.79 Å². The van der Waals surface area contributed by atoms with E-state index >= 15 is 0 Å². The van der Waals surface area contributed by atoms with Gasteiger partial charge in [0.15, 0.2) is 0 Å². The second kappa shape index (κ2) is 5.96. The highest BCUT2D eigenvalue weighted by Crippen LogP contribution is 2.26. The quantitative estimate of drug-likeness (QED) is 0.519. The van der Waals surface area contributed by atoms with Crippen molar-refractivity contribution in [2.75, 3.05) is 0 Å². The average molecular weight is 316 g/mol. The monoisotopic (exact) mass is 316 g/mol. The van der Waals surface area contributed by atoms with Gasteiger partial charge < -0.3 is 8.94 Å². The Morgan fingerprint density at radius 2 is 1.54 bits per heavy atom. The number of aldehydes is 1. The van der Waals surface area contributed by atoms with Gasteiger partial charge in [-0.2, -0.15) is 4.98 Å². The summed E-state index contributed by atoms with van der Waals surface area (Å²) in [5.41, 5.74) is 3.21. The van der Waals surface area contributed by atoms with Crippen LogP contribution in [0.5, 0.6) is 0 Å². The van der Waals surface area contributed by atoms with E-state index in [-0.39, 0.29) is 0 Å². The SMILES string of the molecule is O=Cc1ccc(-c2noc(-c3ccc(-c4ccco4)cc3)n2)cc1. The molecule has 0 atom stereocenters. The molecule has 0 saturated carbocycles. The zero-order valence-corrected chi connectivity index (χ0v) is 12.5. The van der Waals surface area contributed by atoms with Gasteiger partial charge in [0.05, 0.1) is 6.26 Å². The second-order valence-electron chi connectivity index (χ2n) is 5.22. The summed E-state index contributed by atoms with van der Waals surface area (Å²) in [6.45, 7) is 0. The molecule has 0 radical (unpaired) electrons. The minimum Gasteiger partial charge on any atom is -0.464 e. The summed E-state index contributed by atoms with van der Waals surface area (Å²) in [4.78, 5) is 15.1.